The second-order valence-electron chi connectivity index (χ2n) is 12.1. The smallest absolute Gasteiger partial charge is 0.155 e. The number of hydrogen-bond acceptors (Lipinski definition) is 6. The molecule has 0 bridgehead atoms. The molecule has 2 aromatic carbocycles. The van der Waals surface area contributed by atoms with Gasteiger partial charge in [-0.3, -0.25) is 4.90 Å². The molecule has 2 N–H and O–H groups in total. The van der Waals surface area contributed by atoms with Crippen molar-refractivity contribution in [3.63, 3.8) is 0 Å². The first-order chi connectivity index (χ1) is 18.3. The third-order valence-electron chi connectivity index (χ3n) is 8.59. The van der Waals surface area contributed by atoms with Crippen molar-refractivity contribution in [1.29, 1.82) is 0 Å². The zero-order valence-corrected chi connectivity index (χ0v) is 22.5. The van der Waals surface area contributed by atoms with E-state index in [-0.39, 0.29) is 11.2 Å². The minimum atomic E-state index is -0.492. The van der Waals surface area contributed by atoms with Gasteiger partial charge in [-0.05, 0) is 48.1 Å². The normalized spacial score (nSPS) is 20.3. The molecular formula is C31H38FN5O. The van der Waals surface area contributed by atoms with Crippen molar-refractivity contribution >= 4 is 17.2 Å². The Morgan fingerprint density at radius 3 is 2.50 bits per heavy atom. The lowest BCUT2D eigenvalue weighted by Crippen LogP contribution is -2.73. The predicted octanol–water partition coefficient (Wildman–Crippen LogP) is 5.97. The monoisotopic (exact) mass is 515 g/mol. The van der Waals surface area contributed by atoms with E-state index >= 15 is 0 Å². The van der Waals surface area contributed by atoms with Crippen LogP contribution in [0.3, 0.4) is 0 Å². The van der Waals surface area contributed by atoms with Crippen LogP contribution in [0.25, 0.3) is 11.1 Å². The van der Waals surface area contributed by atoms with Crippen LogP contribution < -0.4 is 10.2 Å². The van der Waals surface area contributed by atoms with Gasteiger partial charge in [-0.25, -0.2) is 14.4 Å². The second-order valence-corrected chi connectivity index (χ2v) is 12.1. The number of halogens is 1. The summed E-state index contributed by atoms with van der Waals surface area (Å²) >= 11 is 0. The predicted molar refractivity (Wildman–Crippen MR) is 150 cm³/mol. The summed E-state index contributed by atoms with van der Waals surface area (Å²) < 4.78 is 14.4. The Labute approximate surface area is 224 Å². The number of nitrogens with one attached hydrogen (secondary N) is 1. The van der Waals surface area contributed by atoms with Crippen LogP contribution >= 0.6 is 0 Å². The number of aromatic nitrogens is 2. The Morgan fingerprint density at radius 2 is 1.74 bits per heavy atom. The molecule has 7 heteroatoms. The first-order valence-corrected chi connectivity index (χ1v) is 14.0. The van der Waals surface area contributed by atoms with Gasteiger partial charge in [0.25, 0.3) is 0 Å². The lowest BCUT2D eigenvalue weighted by Gasteiger charge is -2.61. The van der Waals surface area contributed by atoms with Crippen LogP contribution in [-0.4, -0.2) is 58.3 Å². The van der Waals surface area contributed by atoms with Gasteiger partial charge >= 0.3 is 0 Å². The van der Waals surface area contributed by atoms with E-state index < -0.39 is 5.60 Å². The highest BCUT2D eigenvalue weighted by Gasteiger charge is 2.53. The minimum absolute atomic E-state index is 0.259. The maximum atomic E-state index is 14.4. The zero-order valence-electron chi connectivity index (χ0n) is 22.5. The van der Waals surface area contributed by atoms with Crippen LogP contribution in [0.1, 0.15) is 57.4 Å². The third-order valence-corrected chi connectivity index (χ3v) is 8.59. The van der Waals surface area contributed by atoms with Crippen LogP contribution in [0.4, 0.5) is 21.6 Å². The van der Waals surface area contributed by atoms with Gasteiger partial charge in [-0.2, -0.15) is 0 Å². The van der Waals surface area contributed by atoms with E-state index in [9.17, 15) is 9.50 Å². The molecule has 38 heavy (non-hydrogen) atoms. The molecule has 200 valence electrons. The van der Waals surface area contributed by atoms with Gasteiger partial charge < -0.3 is 15.3 Å². The molecule has 3 aliphatic rings. The van der Waals surface area contributed by atoms with Gasteiger partial charge in [0.05, 0.1) is 11.8 Å². The molecule has 0 amide bonds. The van der Waals surface area contributed by atoms with Crippen LogP contribution in [0.5, 0.6) is 0 Å². The number of hydrogen-bond donors (Lipinski definition) is 2. The maximum absolute atomic E-state index is 14.4. The van der Waals surface area contributed by atoms with Crippen LogP contribution in [0.15, 0.2) is 55.0 Å². The first-order valence-electron chi connectivity index (χ1n) is 14.0. The Bertz CT molecular complexity index is 1290. The molecule has 2 saturated heterocycles. The number of benzene rings is 2. The fourth-order valence-corrected chi connectivity index (χ4v) is 6.81. The SMILES string of the molecule is CC(C)c1ccccc1-c1cc(F)ccc1Nc1cncnc1N1CC2(CN(CC3(O)CCCCC3)C2)C1. The summed E-state index contributed by atoms with van der Waals surface area (Å²) in [5.41, 5.74) is 4.49. The lowest BCUT2D eigenvalue weighted by molar-refractivity contribution is -0.0909. The number of likely N-dealkylation sites (tertiary alicyclic amines) is 1. The number of rotatable bonds is 7. The van der Waals surface area contributed by atoms with Gasteiger partial charge in [-0.1, -0.05) is 57.4 Å². The number of aliphatic hydroxyl groups is 1. The van der Waals surface area contributed by atoms with E-state index in [2.05, 4.69) is 51.1 Å². The molecule has 0 atom stereocenters. The van der Waals surface area contributed by atoms with Gasteiger partial charge in [0.15, 0.2) is 5.82 Å². The lowest BCUT2D eigenvalue weighted by atomic mass is 9.71. The van der Waals surface area contributed by atoms with Gasteiger partial charge in [0, 0.05) is 49.4 Å². The molecular weight excluding hydrogens is 477 g/mol. The molecule has 3 fully saturated rings. The van der Waals surface area contributed by atoms with Crippen LogP contribution in [0, 0.1) is 11.2 Å². The molecule has 1 aliphatic carbocycles. The first kappa shape index (κ1) is 25.3. The van der Waals surface area contributed by atoms with Gasteiger partial charge in [0.2, 0.25) is 0 Å². The Kier molecular flexibility index (Phi) is 6.60. The van der Waals surface area contributed by atoms with Crippen molar-refractivity contribution in [1.82, 2.24) is 14.9 Å². The Morgan fingerprint density at radius 1 is 0.974 bits per heavy atom. The quantitative estimate of drug-likeness (QED) is 0.404. The third kappa shape index (κ3) is 4.90. The fourth-order valence-electron chi connectivity index (χ4n) is 6.81. The summed E-state index contributed by atoms with van der Waals surface area (Å²) in [4.78, 5) is 13.7. The Balaban J connectivity index is 1.17. The van der Waals surface area contributed by atoms with Gasteiger partial charge in [-0.15, -0.1) is 0 Å². The van der Waals surface area contributed by atoms with E-state index in [1.807, 2.05) is 12.1 Å². The van der Waals surface area contributed by atoms with E-state index in [0.29, 0.717) is 5.92 Å². The average Bonchev–Trinajstić information content (AvgIpc) is 2.86. The summed E-state index contributed by atoms with van der Waals surface area (Å²) in [5.74, 6) is 0.934. The van der Waals surface area contributed by atoms with Gasteiger partial charge in [0.1, 0.15) is 17.8 Å². The molecule has 6 nitrogen and oxygen atoms in total. The molecule has 1 spiro atoms. The average molecular weight is 516 g/mol. The van der Waals surface area contributed by atoms with E-state index in [1.54, 1.807) is 24.7 Å². The molecule has 2 aliphatic heterocycles. The van der Waals surface area contributed by atoms with Crippen molar-refractivity contribution in [3.05, 3.63) is 66.4 Å². The summed E-state index contributed by atoms with van der Waals surface area (Å²) in [5, 5.41) is 14.5. The largest absolute Gasteiger partial charge is 0.389 e. The second kappa shape index (κ2) is 9.93. The van der Waals surface area contributed by atoms with E-state index in [1.165, 1.54) is 18.1 Å². The van der Waals surface area contributed by atoms with Crippen molar-refractivity contribution in [3.8, 4) is 11.1 Å². The van der Waals surface area contributed by atoms with Crippen molar-refractivity contribution in [2.45, 2.75) is 57.5 Å². The topological polar surface area (TPSA) is 64.5 Å². The van der Waals surface area contributed by atoms with E-state index in [4.69, 9.17) is 0 Å². The van der Waals surface area contributed by atoms with Crippen LogP contribution in [-0.2, 0) is 0 Å². The van der Waals surface area contributed by atoms with E-state index in [0.717, 1.165) is 86.7 Å². The fraction of sp³-hybridized carbons (Fsp3) is 0.484. The highest BCUT2D eigenvalue weighted by Crippen LogP contribution is 2.45. The molecule has 3 heterocycles. The summed E-state index contributed by atoms with van der Waals surface area (Å²) in [6.45, 7) is 9.08. The van der Waals surface area contributed by atoms with Crippen LogP contribution in [0.2, 0.25) is 0 Å². The zero-order chi connectivity index (χ0) is 26.3. The molecule has 0 radical (unpaired) electrons. The highest BCUT2D eigenvalue weighted by molar-refractivity contribution is 5.85. The molecule has 0 unspecified atom stereocenters. The summed E-state index contributed by atoms with van der Waals surface area (Å²) in [6, 6.07) is 13.1. The standard InChI is InChI=1S/C31H38FN5O/c1-22(2)24-8-4-5-9-25(24)26-14-23(32)10-11-27(26)35-28-15-33-21-34-29(28)37-18-30(19-37)16-36(17-30)20-31(38)12-6-3-7-13-31/h4-5,8-11,14-15,21-22,35,38H,3,6-7,12-13,16-20H2,1-2H3. The van der Waals surface area contributed by atoms with Crippen molar-refractivity contribution < 1.29 is 9.50 Å². The van der Waals surface area contributed by atoms with Crippen molar-refractivity contribution in [2.75, 3.05) is 42.9 Å². The van der Waals surface area contributed by atoms with Crippen molar-refractivity contribution in [2.24, 2.45) is 5.41 Å². The molecule has 3 aromatic rings. The Hall–Kier alpha value is -3.03. The maximum Gasteiger partial charge on any atom is 0.155 e. The summed E-state index contributed by atoms with van der Waals surface area (Å²) in [6.07, 6.45) is 8.81. The summed E-state index contributed by atoms with van der Waals surface area (Å²) in [7, 11) is 0. The molecule has 1 saturated carbocycles. The number of anilines is 3. The number of nitrogens with zero attached hydrogens (tertiary/aromatic N) is 4. The molecule has 6 rings (SSSR count). The molecule has 1 aromatic heterocycles. The highest BCUT2D eigenvalue weighted by atomic mass is 19.1. The minimum Gasteiger partial charge on any atom is -0.389 e. The number of β-amino-alcohol motifs (C(OH)–C–C–N with tert-alkyl or cyclic N) is 1.